The van der Waals surface area contributed by atoms with Crippen molar-refractivity contribution in [3.63, 3.8) is 0 Å². The average molecular weight is 293 g/mol. The van der Waals surface area contributed by atoms with Gasteiger partial charge in [0.05, 0.1) is 4.92 Å². The molecule has 0 spiro atoms. The van der Waals surface area contributed by atoms with Gasteiger partial charge >= 0.3 is 0 Å². The molecule has 1 heterocycles. The van der Waals surface area contributed by atoms with Gasteiger partial charge in [-0.25, -0.2) is 0 Å². The molecular weight excluding hydrogens is 274 g/mol. The van der Waals surface area contributed by atoms with E-state index in [9.17, 15) is 14.9 Å². The molecule has 114 valence electrons. The van der Waals surface area contributed by atoms with Crippen molar-refractivity contribution in [2.45, 2.75) is 31.7 Å². The molecule has 1 aliphatic heterocycles. The van der Waals surface area contributed by atoms with E-state index in [-0.39, 0.29) is 29.9 Å². The molecule has 0 aliphatic carbocycles. The summed E-state index contributed by atoms with van der Waals surface area (Å²) in [6.07, 6.45) is 3.29. The maximum atomic E-state index is 12.5. The van der Waals surface area contributed by atoms with Crippen LogP contribution in [0.25, 0.3) is 0 Å². The topological polar surface area (TPSA) is 110 Å². The Morgan fingerprint density at radius 1 is 1.52 bits per heavy atom. The normalized spacial score (nSPS) is 18.0. The van der Waals surface area contributed by atoms with Crippen molar-refractivity contribution in [1.29, 1.82) is 0 Å². The number of nitro groups is 1. The van der Waals surface area contributed by atoms with Gasteiger partial charge in [-0.1, -0.05) is 0 Å². The predicted molar refractivity (Wildman–Crippen MR) is 77.9 cm³/mol. The molecule has 1 unspecified atom stereocenters. The van der Waals surface area contributed by atoms with Crippen molar-refractivity contribution in [3.8, 4) is 0 Å². The van der Waals surface area contributed by atoms with Gasteiger partial charge in [0, 0.05) is 30.8 Å². The highest BCUT2D eigenvalue weighted by Crippen LogP contribution is 2.26. The number of hydrogen-bond donors (Lipinski definition) is 2. The second kappa shape index (κ2) is 6.53. The zero-order valence-corrected chi connectivity index (χ0v) is 11.7. The van der Waals surface area contributed by atoms with E-state index in [1.54, 1.807) is 4.90 Å². The van der Waals surface area contributed by atoms with Crippen molar-refractivity contribution in [2.75, 3.05) is 18.9 Å². The Kier molecular flexibility index (Phi) is 4.74. The van der Waals surface area contributed by atoms with E-state index in [2.05, 4.69) is 0 Å². The molecule has 1 aromatic carbocycles. The number of likely N-dealkylation sites (tertiary alicyclic amines) is 1. The Hall–Kier alpha value is -2.15. The standard InChI is InChI=1S/C14H19N3O4/c15-12-9-10(5-6-13(12)17(20)21)14(19)16-7-1-3-11(16)4-2-8-18/h5-6,9,11,18H,1-4,7-8,15H2. The third-order valence-electron chi connectivity index (χ3n) is 3.80. The Balaban J connectivity index is 2.15. The quantitative estimate of drug-likeness (QED) is 0.486. The number of benzene rings is 1. The summed E-state index contributed by atoms with van der Waals surface area (Å²) in [7, 11) is 0. The molecular formula is C14H19N3O4. The first-order valence-corrected chi connectivity index (χ1v) is 7.00. The Morgan fingerprint density at radius 3 is 2.90 bits per heavy atom. The smallest absolute Gasteiger partial charge is 0.292 e. The number of rotatable bonds is 5. The monoisotopic (exact) mass is 293 g/mol. The molecule has 1 saturated heterocycles. The van der Waals surface area contributed by atoms with Crippen LogP contribution in [-0.4, -0.2) is 40.0 Å². The third-order valence-corrected chi connectivity index (χ3v) is 3.80. The lowest BCUT2D eigenvalue weighted by molar-refractivity contribution is -0.383. The van der Waals surface area contributed by atoms with Gasteiger partial charge < -0.3 is 15.7 Å². The summed E-state index contributed by atoms with van der Waals surface area (Å²) in [5, 5.41) is 19.6. The Bertz CT molecular complexity index is 547. The lowest BCUT2D eigenvalue weighted by Crippen LogP contribution is -2.35. The van der Waals surface area contributed by atoms with Crippen LogP contribution in [0.4, 0.5) is 11.4 Å². The predicted octanol–water partition coefficient (Wildman–Crippen LogP) is 1.55. The molecule has 0 saturated carbocycles. The van der Waals surface area contributed by atoms with Gasteiger partial charge in [-0.05, 0) is 37.8 Å². The van der Waals surface area contributed by atoms with Crippen LogP contribution in [0.1, 0.15) is 36.0 Å². The first-order chi connectivity index (χ1) is 10.0. The number of amides is 1. The second-order valence-electron chi connectivity index (χ2n) is 5.19. The summed E-state index contributed by atoms with van der Waals surface area (Å²) in [5.41, 5.74) is 5.80. The molecule has 7 nitrogen and oxygen atoms in total. The number of hydrogen-bond acceptors (Lipinski definition) is 5. The highest BCUT2D eigenvalue weighted by atomic mass is 16.6. The highest BCUT2D eigenvalue weighted by molar-refractivity contribution is 5.96. The number of nitro benzene ring substituents is 1. The molecule has 0 radical (unpaired) electrons. The number of carbonyl (C=O) groups excluding carboxylic acids is 1. The molecule has 1 amide bonds. The van der Waals surface area contributed by atoms with Gasteiger partial charge in [-0.15, -0.1) is 0 Å². The zero-order chi connectivity index (χ0) is 15.4. The van der Waals surface area contributed by atoms with Crippen LogP contribution in [-0.2, 0) is 0 Å². The number of anilines is 1. The molecule has 1 fully saturated rings. The van der Waals surface area contributed by atoms with Gasteiger partial charge in [0.2, 0.25) is 0 Å². The van der Waals surface area contributed by atoms with E-state index in [0.29, 0.717) is 18.5 Å². The summed E-state index contributed by atoms with van der Waals surface area (Å²) < 4.78 is 0. The lowest BCUT2D eigenvalue weighted by atomic mass is 10.1. The van der Waals surface area contributed by atoms with Crippen molar-refractivity contribution >= 4 is 17.3 Å². The van der Waals surface area contributed by atoms with Crippen LogP contribution in [0.3, 0.4) is 0 Å². The summed E-state index contributed by atoms with van der Waals surface area (Å²) in [4.78, 5) is 24.4. The zero-order valence-electron chi connectivity index (χ0n) is 11.7. The molecule has 1 aliphatic rings. The molecule has 0 aromatic heterocycles. The van der Waals surface area contributed by atoms with Gasteiger partial charge in [-0.2, -0.15) is 0 Å². The highest BCUT2D eigenvalue weighted by Gasteiger charge is 2.29. The minimum atomic E-state index is -0.566. The largest absolute Gasteiger partial charge is 0.396 e. The van der Waals surface area contributed by atoms with E-state index in [4.69, 9.17) is 10.8 Å². The number of aliphatic hydroxyl groups excluding tert-OH is 1. The van der Waals surface area contributed by atoms with E-state index in [1.807, 2.05) is 0 Å². The van der Waals surface area contributed by atoms with Crippen molar-refractivity contribution in [3.05, 3.63) is 33.9 Å². The second-order valence-corrected chi connectivity index (χ2v) is 5.19. The number of nitrogens with two attached hydrogens (primary N) is 1. The average Bonchev–Trinajstić information content (AvgIpc) is 2.92. The van der Waals surface area contributed by atoms with E-state index in [0.717, 1.165) is 19.3 Å². The van der Waals surface area contributed by atoms with Crippen LogP contribution in [0.2, 0.25) is 0 Å². The minimum Gasteiger partial charge on any atom is -0.396 e. The number of nitrogen functional groups attached to an aromatic ring is 1. The van der Waals surface area contributed by atoms with E-state index >= 15 is 0 Å². The minimum absolute atomic E-state index is 0.00282. The summed E-state index contributed by atoms with van der Waals surface area (Å²) >= 11 is 0. The molecule has 0 bridgehead atoms. The van der Waals surface area contributed by atoms with E-state index in [1.165, 1.54) is 18.2 Å². The molecule has 1 atom stereocenters. The van der Waals surface area contributed by atoms with Crippen molar-refractivity contribution in [2.24, 2.45) is 0 Å². The van der Waals surface area contributed by atoms with Crippen LogP contribution in [0.15, 0.2) is 18.2 Å². The fourth-order valence-corrected chi connectivity index (χ4v) is 2.75. The maximum absolute atomic E-state index is 12.5. The van der Waals surface area contributed by atoms with Crippen LogP contribution >= 0.6 is 0 Å². The molecule has 2 rings (SSSR count). The van der Waals surface area contributed by atoms with Crippen molar-refractivity contribution < 1.29 is 14.8 Å². The summed E-state index contributed by atoms with van der Waals surface area (Å²) in [6.45, 7) is 0.787. The number of nitrogens with zero attached hydrogens (tertiary/aromatic N) is 2. The maximum Gasteiger partial charge on any atom is 0.292 e. The fourth-order valence-electron chi connectivity index (χ4n) is 2.75. The van der Waals surface area contributed by atoms with Crippen LogP contribution in [0, 0.1) is 10.1 Å². The van der Waals surface area contributed by atoms with Gasteiger partial charge in [0.1, 0.15) is 5.69 Å². The van der Waals surface area contributed by atoms with Gasteiger partial charge in [0.15, 0.2) is 0 Å². The van der Waals surface area contributed by atoms with Gasteiger partial charge in [-0.3, -0.25) is 14.9 Å². The summed E-state index contributed by atoms with van der Waals surface area (Å²) in [6, 6.07) is 4.20. The molecule has 7 heteroatoms. The van der Waals surface area contributed by atoms with Crippen LogP contribution in [0.5, 0.6) is 0 Å². The Labute approximate surface area is 122 Å². The SMILES string of the molecule is Nc1cc(C(=O)N2CCCC2CCCO)ccc1[N+](=O)[O-]. The number of aliphatic hydroxyl groups is 1. The first-order valence-electron chi connectivity index (χ1n) is 7.00. The molecule has 21 heavy (non-hydrogen) atoms. The number of carbonyl (C=O) groups is 1. The van der Waals surface area contributed by atoms with Crippen molar-refractivity contribution in [1.82, 2.24) is 4.90 Å². The Morgan fingerprint density at radius 2 is 2.29 bits per heavy atom. The molecule has 1 aromatic rings. The fraction of sp³-hybridized carbons (Fsp3) is 0.500. The van der Waals surface area contributed by atoms with Crippen LogP contribution < -0.4 is 5.73 Å². The lowest BCUT2D eigenvalue weighted by Gasteiger charge is -2.24. The third kappa shape index (κ3) is 3.30. The molecule has 3 N–H and O–H groups in total. The van der Waals surface area contributed by atoms with Gasteiger partial charge in [0.25, 0.3) is 11.6 Å². The first kappa shape index (κ1) is 15.2. The van der Waals surface area contributed by atoms with E-state index < -0.39 is 4.92 Å². The summed E-state index contributed by atoms with van der Waals surface area (Å²) in [5.74, 6) is -0.156.